The molecule has 0 aliphatic rings. The fourth-order valence-corrected chi connectivity index (χ4v) is 5.04. The average molecular weight is 516 g/mol. The Balaban J connectivity index is 1.51. The van der Waals surface area contributed by atoms with Crippen molar-refractivity contribution in [2.75, 3.05) is 0 Å². The number of nitrogens with zero attached hydrogens (tertiary/aromatic N) is 2. The zero-order valence-corrected chi connectivity index (χ0v) is 20.1. The molecule has 8 nitrogen and oxygen atoms in total. The van der Waals surface area contributed by atoms with Gasteiger partial charge in [-0.1, -0.05) is 24.3 Å². The van der Waals surface area contributed by atoms with E-state index >= 15 is 0 Å². The zero-order valence-electron chi connectivity index (χ0n) is 18.3. The SMILES string of the molecule is O=P(O)(O)Cc1ccc(-[n+]2ccc(-c3cc[n+](-c4ccc(CP(=O)(O)O)cc4)cc3F)cc2)cc1. The topological polar surface area (TPSA) is 123 Å². The van der Waals surface area contributed by atoms with E-state index in [-0.39, 0.29) is 12.3 Å². The summed E-state index contributed by atoms with van der Waals surface area (Å²) in [4.78, 5) is 36.4. The molecule has 0 amide bonds. The first-order chi connectivity index (χ1) is 16.5. The van der Waals surface area contributed by atoms with Crippen LogP contribution in [0.15, 0.2) is 91.5 Å². The Kier molecular flexibility index (Phi) is 7.10. The average Bonchev–Trinajstić information content (AvgIpc) is 2.78. The van der Waals surface area contributed by atoms with Crippen molar-refractivity contribution in [3.05, 3.63) is 108 Å². The molecule has 0 bridgehead atoms. The zero-order chi connectivity index (χ0) is 25.2. The van der Waals surface area contributed by atoms with E-state index in [4.69, 9.17) is 19.6 Å². The van der Waals surface area contributed by atoms with Crippen LogP contribution in [0.1, 0.15) is 11.1 Å². The molecule has 2 heterocycles. The second-order valence-electron chi connectivity index (χ2n) is 8.09. The van der Waals surface area contributed by atoms with Gasteiger partial charge in [0, 0.05) is 48.0 Å². The van der Waals surface area contributed by atoms with Gasteiger partial charge in [-0.2, -0.15) is 13.5 Å². The Hall–Kier alpha value is -3.03. The number of rotatable bonds is 7. The lowest BCUT2D eigenvalue weighted by Gasteiger charge is -2.05. The van der Waals surface area contributed by atoms with Gasteiger partial charge in [-0.15, -0.1) is 0 Å². The highest BCUT2D eigenvalue weighted by Gasteiger charge is 2.18. The summed E-state index contributed by atoms with van der Waals surface area (Å²) in [6, 6.07) is 18.5. The molecule has 0 saturated carbocycles. The van der Waals surface area contributed by atoms with Crippen LogP contribution in [-0.2, 0) is 21.5 Å². The maximum absolute atomic E-state index is 14.9. The summed E-state index contributed by atoms with van der Waals surface area (Å²) in [7, 11) is -8.28. The van der Waals surface area contributed by atoms with Crippen molar-refractivity contribution < 1.29 is 42.2 Å². The second kappa shape index (κ2) is 9.91. The number of benzene rings is 2. The molecule has 0 spiro atoms. The summed E-state index contributed by atoms with van der Waals surface area (Å²) >= 11 is 0. The normalized spacial score (nSPS) is 12.0. The lowest BCUT2D eigenvalue weighted by Crippen LogP contribution is -2.30. The Bertz CT molecular complexity index is 1430. The minimum Gasteiger partial charge on any atom is -0.324 e. The van der Waals surface area contributed by atoms with Gasteiger partial charge in [-0.25, -0.2) is 0 Å². The third-order valence-corrected chi connectivity index (χ3v) is 6.85. The first-order valence-corrected chi connectivity index (χ1v) is 14.1. The number of halogens is 1. The molecule has 35 heavy (non-hydrogen) atoms. The molecule has 2 aromatic carbocycles. The Labute approximate surface area is 200 Å². The van der Waals surface area contributed by atoms with E-state index in [9.17, 15) is 13.5 Å². The molecule has 180 valence electrons. The lowest BCUT2D eigenvalue weighted by atomic mass is 10.1. The Morgan fingerprint density at radius 1 is 0.629 bits per heavy atom. The second-order valence-corrected chi connectivity index (χ2v) is 11.4. The van der Waals surface area contributed by atoms with Gasteiger partial charge in [0.2, 0.25) is 17.6 Å². The molecular weight excluding hydrogens is 493 g/mol. The van der Waals surface area contributed by atoms with Crippen LogP contribution in [0.5, 0.6) is 0 Å². The number of pyridine rings is 2. The maximum atomic E-state index is 14.9. The van der Waals surface area contributed by atoms with Gasteiger partial charge < -0.3 is 19.6 Å². The van der Waals surface area contributed by atoms with Gasteiger partial charge >= 0.3 is 15.2 Å². The van der Waals surface area contributed by atoms with Gasteiger partial charge in [0.15, 0.2) is 24.4 Å². The van der Waals surface area contributed by atoms with E-state index < -0.39 is 21.0 Å². The maximum Gasteiger partial charge on any atom is 0.329 e. The van der Waals surface area contributed by atoms with Crippen molar-refractivity contribution in [2.24, 2.45) is 0 Å². The van der Waals surface area contributed by atoms with Crippen molar-refractivity contribution in [1.29, 1.82) is 0 Å². The van der Waals surface area contributed by atoms with Gasteiger partial charge in [-0.3, -0.25) is 9.13 Å². The molecule has 2 aromatic heterocycles. The number of hydrogen-bond donors (Lipinski definition) is 4. The van der Waals surface area contributed by atoms with E-state index in [1.807, 2.05) is 4.57 Å². The molecule has 0 unspecified atom stereocenters. The van der Waals surface area contributed by atoms with Crippen LogP contribution in [0.4, 0.5) is 4.39 Å². The molecule has 0 fully saturated rings. The van der Waals surface area contributed by atoms with Crippen LogP contribution < -0.4 is 9.13 Å². The van der Waals surface area contributed by atoms with Crippen molar-refractivity contribution in [3.63, 3.8) is 0 Å². The smallest absolute Gasteiger partial charge is 0.324 e. The third-order valence-electron chi connectivity index (χ3n) is 5.30. The largest absolute Gasteiger partial charge is 0.329 e. The minimum absolute atomic E-state index is 0.318. The third kappa shape index (κ3) is 6.77. The van der Waals surface area contributed by atoms with E-state index in [0.717, 1.165) is 5.69 Å². The summed E-state index contributed by atoms with van der Waals surface area (Å²) in [5.41, 5.74) is 3.55. The summed E-state index contributed by atoms with van der Waals surface area (Å²) in [5.74, 6) is -0.439. The molecule has 4 N–H and O–H groups in total. The van der Waals surface area contributed by atoms with Crippen LogP contribution in [-0.4, -0.2) is 19.6 Å². The molecule has 0 saturated heterocycles. The van der Waals surface area contributed by atoms with Gasteiger partial charge in [0.25, 0.3) is 0 Å². The summed E-state index contributed by atoms with van der Waals surface area (Å²) < 4.78 is 40.6. The van der Waals surface area contributed by atoms with Crippen LogP contribution in [0.25, 0.3) is 22.5 Å². The first-order valence-electron chi connectivity index (χ1n) is 10.5. The number of hydrogen-bond acceptors (Lipinski definition) is 2. The first kappa shape index (κ1) is 25.1. The van der Waals surface area contributed by atoms with Crippen LogP contribution >= 0.6 is 15.2 Å². The molecular formula is C24H23FN2O6P2+2. The molecule has 11 heteroatoms. The summed E-state index contributed by atoms with van der Waals surface area (Å²) in [5, 5.41) is 0. The molecule has 0 atom stereocenters. The van der Waals surface area contributed by atoms with Crippen molar-refractivity contribution in [2.45, 2.75) is 12.3 Å². The highest BCUT2D eigenvalue weighted by Crippen LogP contribution is 2.39. The lowest BCUT2D eigenvalue weighted by molar-refractivity contribution is -0.597. The van der Waals surface area contributed by atoms with Gasteiger partial charge in [0.05, 0.1) is 12.3 Å². The van der Waals surface area contributed by atoms with E-state index in [0.29, 0.717) is 27.9 Å². The van der Waals surface area contributed by atoms with E-state index in [1.165, 1.54) is 6.20 Å². The van der Waals surface area contributed by atoms with Gasteiger partial charge in [0.1, 0.15) is 0 Å². The van der Waals surface area contributed by atoms with E-state index in [2.05, 4.69) is 0 Å². The molecule has 0 radical (unpaired) electrons. The summed E-state index contributed by atoms with van der Waals surface area (Å²) in [6.45, 7) is 0. The Morgan fingerprint density at radius 2 is 1.06 bits per heavy atom. The van der Waals surface area contributed by atoms with Crippen LogP contribution in [0, 0.1) is 5.82 Å². The van der Waals surface area contributed by atoms with Crippen molar-refractivity contribution >= 4 is 15.2 Å². The van der Waals surface area contributed by atoms with Crippen LogP contribution in [0.2, 0.25) is 0 Å². The Morgan fingerprint density at radius 3 is 1.49 bits per heavy atom. The fraction of sp³-hybridized carbons (Fsp3) is 0.0833. The predicted octanol–water partition coefficient (Wildman–Crippen LogP) is 3.40. The number of aromatic nitrogens is 2. The van der Waals surface area contributed by atoms with Crippen molar-refractivity contribution in [3.8, 4) is 22.5 Å². The molecule has 0 aliphatic heterocycles. The standard InChI is InChI=1S/C24H21FN2O6P2/c25-24-15-27(22-7-3-19(4-8-22)17-35(31,32)33)14-11-23(24)20-9-12-26(13-10-20)21-5-1-18(2-6-21)16-34(28,29)30/h1-15H,16-17H2,(H2-2,28,29,30,31,32,33)/p+2. The fourth-order valence-electron chi connectivity index (χ4n) is 3.66. The van der Waals surface area contributed by atoms with Crippen LogP contribution in [0.3, 0.4) is 0 Å². The highest BCUT2D eigenvalue weighted by atomic mass is 31.2. The van der Waals surface area contributed by atoms with Crippen molar-refractivity contribution in [1.82, 2.24) is 0 Å². The van der Waals surface area contributed by atoms with Gasteiger partial charge in [-0.05, 0) is 16.7 Å². The minimum atomic E-state index is -4.15. The quantitative estimate of drug-likeness (QED) is 0.221. The monoisotopic (exact) mass is 516 g/mol. The highest BCUT2D eigenvalue weighted by molar-refractivity contribution is 7.51. The molecule has 4 aromatic rings. The molecule has 0 aliphatic carbocycles. The predicted molar refractivity (Wildman–Crippen MR) is 126 cm³/mol. The molecule has 4 rings (SSSR count). The summed E-state index contributed by atoms with van der Waals surface area (Å²) in [6.07, 6.45) is 5.92. The van der Waals surface area contributed by atoms with E-state index in [1.54, 1.807) is 89.9 Å².